The van der Waals surface area contributed by atoms with Crippen molar-refractivity contribution in [2.24, 2.45) is 0 Å². The van der Waals surface area contributed by atoms with Crippen molar-refractivity contribution < 1.29 is 23.9 Å². The largest absolute Gasteiger partial charge is 0.493 e. The maximum atomic E-state index is 12.4. The lowest BCUT2D eigenvalue weighted by Crippen LogP contribution is -2.49. The minimum atomic E-state index is -0.952. The van der Waals surface area contributed by atoms with Gasteiger partial charge in [0.05, 0.1) is 24.2 Å². The minimum absolute atomic E-state index is 0.178. The Morgan fingerprint density at radius 3 is 2.10 bits per heavy atom. The maximum absolute atomic E-state index is 12.4. The number of nitrogens with one attached hydrogen (secondary N) is 2. The van der Waals surface area contributed by atoms with E-state index in [1.54, 1.807) is 24.3 Å². The van der Waals surface area contributed by atoms with Crippen LogP contribution in [0.15, 0.2) is 54.6 Å². The molecule has 0 saturated heterocycles. The molecular formula is C22H23N3O5. The molecule has 4 amide bonds. The van der Waals surface area contributed by atoms with Crippen LogP contribution in [0.5, 0.6) is 5.75 Å². The Kier molecular flexibility index (Phi) is 6.79. The van der Waals surface area contributed by atoms with E-state index >= 15 is 0 Å². The Balaban J connectivity index is 1.37. The third kappa shape index (κ3) is 4.83. The van der Waals surface area contributed by atoms with Crippen molar-refractivity contribution in [3.8, 4) is 5.75 Å². The topological polar surface area (TPSA) is 105 Å². The molecule has 156 valence electrons. The average Bonchev–Trinajstić information content (AvgIpc) is 3.02. The highest BCUT2D eigenvalue weighted by Crippen LogP contribution is 2.24. The number of hydrogen-bond acceptors (Lipinski definition) is 5. The van der Waals surface area contributed by atoms with Gasteiger partial charge in [-0.05, 0) is 31.2 Å². The van der Waals surface area contributed by atoms with Crippen LogP contribution in [-0.4, -0.2) is 54.3 Å². The van der Waals surface area contributed by atoms with E-state index in [-0.39, 0.29) is 32.0 Å². The smallest absolute Gasteiger partial charge is 0.262 e. The van der Waals surface area contributed by atoms with E-state index in [4.69, 9.17) is 4.74 Å². The summed E-state index contributed by atoms with van der Waals surface area (Å²) >= 11 is 0. The molecule has 1 heterocycles. The van der Waals surface area contributed by atoms with Gasteiger partial charge in [0.2, 0.25) is 11.8 Å². The van der Waals surface area contributed by atoms with Gasteiger partial charge in [0.1, 0.15) is 11.8 Å². The van der Waals surface area contributed by atoms with E-state index in [9.17, 15) is 19.2 Å². The number of carbonyl (C=O) groups excluding carboxylic acids is 4. The lowest BCUT2D eigenvalue weighted by Gasteiger charge is -2.21. The number of carbonyl (C=O) groups is 4. The maximum Gasteiger partial charge on any atom is 0.262 e. The highest BCUT2D eigenvalue weighted by Gasteiger charge is 2.40. The van der Waals surface area contributed by atoms with E-state index in [0.717, 1.165) is 4.90 Å². The highest BCUT2D eigenvalue weighted by molar-refractivity contribution is 6.22. The number of imide groups is 1. The normalized spacial score (nSPS) is 13.6. The number of benzene rings is 2. The molecule has 2 aromatic carbocycles. The summed E-state index contributed by atoms with van der Waals surface area (Å²) < 4.78 is 5.46. The monoisotopic (exact) mass is 409 g/mol. The van der Waals surface area contributed by atoms with E-state index in [1.165, 1.54) is 6.92 Å². The van der Waals surface area contributed by atoms with Gasteiger partial charge < -0.3 is 15.4 Å². The number of nitrogens with zero attached hydrogens (tertiary/aromatic N) is 1. The Labute approximate surface area is 174 Å². The van der Waals surface area contributed by atoms with Gasteiger partial charge in [0.15, 0.2) is 0 Å². The van der Waals surface area contributed by atoms with Gasteiger partial charge in [-0.2, -0.15) is 0 Å². The second-order valence-corrected chi connectivity index (χ2v) is 6.75. The highest BCUT2D eigenvalue weighted by atomic mass is 16.5. The minimum Gasteiger partial charge on any atom is -0.493 e. The average molecular weight is 409 g/mol. The van der Waals surface area contributed by atoms with E-state index in [2.05, 4.69) is 10.6 Å². The summed E-state index contributed by atoms with van der Waals surface area (Å²) in [6.45, 7) is 2.15. The van der Waals surface area contributed by atoms with Crippen LogP contribution in [0, 0.1) is 0 Å². The van der Waals surface area contributed by atoms with Gasteiger partial charge in [0.25, 0.3) is 11.8 Å². The number of hydrogen-bond donors (Lipinski definition) is 2. The van der Waals surface area contributed by atoms with Crippen LogP contribution in [0.2, 0.25) is 0 Å². The van der Waals surface area contributed by atoms with Crippen molar-refractivity contribution >= 4 is 23.6 Å². The van der Waals surface area contributed by atoms with Gasteiger partial charge >= 0.3 is 0 Å². The third-order valence-electron chi connectivity index (χ3n) is 4.68. The predicted molar refractivity (Wildman–Crippen MR) is 109 cm³/mol. The number of para-hydroxylation sites is 1. The second kappa shape index (κ2) is 9.69. The van der Waals surface area contributed by atoms with Crippen LogP contribution < -0.4 is 15.4 Å². The molecule has 1 atom stereocenters. The first-order valence-corrected chi connectivity index (χ1v) is 9.68. The van der Waals surface area contributed by atoms with Crippen LogP contribution in [0.4, 0.5) is 0 Å². The quantitative estimate of drug-likeness (QED) is 0.481. The molecule has 30 heavy (non-hydrogen) atoms. The molecule has 0 aromatic heterocycles. The molecule has 2 aromatic rings. The molecule has 8 nitrogen and oxygen atoms in total. The molecule has 0 aliphatic carbocycles. The van der Waals surface area contributed by atoms with Crippen molar-refractivity contribution in [3.05, 3.63) is 65.7 Å². The fraction of sp³-hybridized carbons (Fsp3) is 0.273. The molecule has 0 fully saturated rings. The fourth-order valence-electron chi connectivity index (χ4n) is 3.08. The lowest BCUT2D eigenvalue weighted by atomic mass is 10.1. The Hall–Kier alpha value is -3.68. The summed E-state index contributed by atoms with van der Waals surface area (Å²) in [5, 5.41) is 5.32. The zero-order chi connectivity index (χ0) is 21.5. The standard InChI is InChI=1S/C22H23N3O5/c1-15(25-21(28)17-9-5-6-10-18(17)22(25)29)20(27)24-13-12-23-19(26)11-14-30-16-7-3-2-4-8-16/h2-10,15H,11-14H2,1H3,(H,23,26)(H,24,27). The number of amides is 4. The molecule has 8 heteroatoms. The first-order valence-electron chi connectivity index (χ1n) is 9.68. The van der Waals surface area contributed by atoms with E-state index in [0.29, 0.717) is 16.9 Å². The first-order chi connectivity index (χ1) is 14.5. The zero-order valence-electron chi connectivity index (χ0n) is 16.6. The van der Waals surface area contributed by atoms with Crippen LogP contribution in [0.1, 0.15) is 34.1 Å². The summed E-state index contributed by atoms with van der Waals surface area (Å²) in [7, 11) is 0. The Morgan fingerprint density at radius 1 is 0.900 bits per heavy atom. The summed E-state index contributed by atoms with van der Waals surface area (Å²) in [4.78, 5) is 50.0. The van der Waals surface area contributed by atoms with E-state index < -0.39 is 23.8 Å². The van der Waals surface area contributed by atoms with E-state index in [1.807, 2.05) is 30.3 Å². The molecule has 0 bridgehead atoms. The molecule has 2 N–H and O–H groups in total. The summed E-state index contributed by atoms with van der Waals surface area (Å²) in [5.41, 5.74) is 0.597. The van der Waals surface area contributed by atoms with Crippen LogP contribution >= 0.6 is 0 Å². The van der Waals surface area contributed by atoms with Crippen LogP contribution in [0.25, 0.3) is 0 Å². The van der Waals surface area contributed by atoms with Gasteiger partial charge in [-0.1, -0.05) is 30.3 Å². The molecule has 1 aliphatic rings. The molecule has 0 radical (unpaired) electrons. The summed E-state index contributed by atoms with van der Waals surface area (Å²) in [6.07, 6.45) is 0.189. The number of rotatable bonds is 9. The SMILES string of the molecule is CC(C(=O)NCCNC(=O)CCOc1ccccc1)N1C(=O)c2ccccc2C1=O. The summed E-state index contributed by atoms with van der Waals surface area (Å²) in [5.74, 6) is -0.936. The van der Waals surface area contributed by atoms with Crippen LogP contribution in [0.3, 0.4) is 0 Å². The van der Waals surface area contributed by atoms with Crippen molar-refractivity contribution in [2.75, 3.05) is 19.7 Å². The second-order valence-electron chi connectivity index (χ2n) is 6.75. The molecular weight excluding hydrogens is 386 g/mol. The van der Waals surface area contributed by atoms with Crippen LogP contribution in [-0.2, 0) is 9.59 Å². The predicted octanol–water partition coefficient (Wildman–Crippen LogP) is 1.37. The number of fused-ring (bicyclic) bond motifs is 1. The molecule has 1 aliphatic heterocycles. The zero-order valence-corrected chi connectivity index (χ0v) is 16.6. The third-order valence-corrected chi connectivity index (χ3v) is 4.68. The number of ether oxygens (including phenoxy) is 1. The van der Waals surface area contributed by atoms with Crippen molar-refractivity contribution in [1.82, 2.24) is 15.5 Å². The summed E-state index contributed by atoms with van der Waals surface area (Å²) in [6, 6.07) is 14.7. The fourth-order valence-corrected chi connectivity index (χ4v) is 3.08. The first kappa shape index (κ1) is 21.0. The van der Waals surface area contributed by atoms with Gasteiger partial charge in [-0.15, -0.1) is 0 Å². The van der Waals surface area contributed by atoms with Crippen molar-refractivity contribution in [1.29, 1.82) is 0 Å². The molecule has 3 rings (SSSR count). The van der Waals surface area contributed by atoms with Crippen molar-refractivity contribution in [3.63, 3.8) is 0 Å². The van der Waals surface area contributed by atoms with Gasteiger partial charge in [-0.3, -0.25) is 24.1 Å². The Bertz CT molecular complexity index is 910. The molecule has 1 unspecified atom stereocenters. The lowest BCUT2D eigenvalue weighted by molar-refractivity contribution is -0.125. The van der Waals surface area contributed by atoms with Gasteiger partial charge in [0, 0.05) is 13.1 Å². The van der Waals surface area contributed by atoms with Crippen molar-refractivity contribution in [2.45, 2.75) is 19.4 Å². The Morgan fingerprint density at radius 2 is 1.47 bits per heavy atom. The molecule has 0 spiro atoms. The molecule has 0 saturated carbocycles. The van der Waals surface area contributed by atoms with Gasteiger partial charge in [-0.25, -0.2) is 0 Å².